The number of thiophene rings is 1. The molecular formula is C16H19NO4S. The fourth-order valence-corrected chi connectivity index (χ4v) is 3.42. The van der Waals surface area contributed by atoms with E-state index in [0.29, 0.717) is 12.0 Å². The summed E-state index contributed by atoms with van der Waals surface area (Å²) in [4.78, 5) is 24.9. The Morgan fingerprint density at radius 1 is 1.41 bits per heavy atom. The summed E-state index contributed by atoms with van der Waals surface area (Å²) < 4.78 is 9.95. The highest BCUT2D eigenvalue weighted by Crippen LogP contribution is 2.42. The molecule has 1 unspecified atom stereocenters. The van der Waals surface area contributed by atoms with E-state index in [-0.39, 0.29) is 18.5 Å². The molecule has 1 atom stereocenters. The molecule has 0 aromatic carbocycles. The molecule has 2 rings (SSSR count). The van der Waals surface area contributed by atoms with Crippen LogP contribution < -0.4 is 0 Å². The summed E-state index contributed by atoms with van der Waals surface area (Å²) in [6, 6.07) is 1.98. The summed E-state index contributed by atoms with van der Waals surface area (Å²) in [6.45, 7) is 4.43. The number of hydrogen-bond donors (Lipinski definition) is 0. The van der Waals surface area contributed by atoms with Crippen LogP contribution in [-0.4, -0.2) is 38.1 Å². The second-order valence-electron chi connectivity index (χ2n) is 5.06. The lowest BCUT2D eigenvalue weighted by molar-refractivity contribution is -0.136. The van der Waals surface area contributed by atoms with Crippen molar-refractivity contribution in [2.75, 3.05) is 20.8 Å². The standard InChI is InChI=1S/C16H19NO4S/c1-10-13(7-21-9-18)15(12-5-6-22-8-12)14(16(19)20-4)11(2)17(10)3/h5-6,8-9,15H,7H2,1-4H3. The van der Waals surface area contributed by atoms with Gasteiger partial charge in [0.1, 0.15) is 6.61 Å². The van der Waals surface area contributed by atoms with Gasteiger partial charge in [-0.25, -0.2) is 4.79 Å². The largest absolute Gasteiger partial charge is 0.466 e. The Morgan fingerprint density at radius 3 is 2.68 bits per heavy atom. The zero-order chi connectivity index (χ0) is 16.3. The van der Waals surface area contributed by atoms with Gasteiger partial charge in [-0.15, -0.1) is 0 Å². The highest BCUT2D eigenvalue weighted by Gasteiger charge is 2.36. The molecule has 0 radical (unpaired) electrons. The van der Waals surface area contributed by atoms with Gasteiger partial charge in [0, 0.05) is 24.4 Å². The molecule has 6 heteroatoms. The number of carbonyl (C=O) groups excluding carboxylic acids is 2. The van der Waals surface area contributed by atoms with E-state index < -0.39 is 0 Å². The van der Waals surface area contributed by atoms with Crippen LogP contribution in [0.1, 0.15) is 25.3 Å². The number of allylic oxidation sites excluding steroid dienone is 2. The van der Waals surface area contributed by atoms with E-state index in [4.69, 9.17) is 9.47 Å². The van der Waals surface area contributed by atoms with E-state index in [1.54, 1.807) is 11.3 Å². The van der Waals surface area contributed by atoms with Crippen LogP contribution in [0.4, 0.5) is 0 Å². The summed E-state index contributed by atoms with van der Waals surface area (Å²) in [7, 11) is 3.26. The number of carbonyl (C=O) groups is 2. The number of rotatable bonds is 5. The van der Waals surface area contributed by atoms with E-state index in [1.165, 1.54) is 7.11 Å². The highest BCUT2D eigenvalue weighted by atomic mass is 32.1. The van der Waals surface area contributed by atoms with Crippen molar-refractivity contribution in [1.29, 1.82) is 0 Å². The predicted octanol–water partition coefficient (Wildman–Crippen LogP) is 2.67. The molecule has 0 bridgehead atoms. The first kappa shape index (κ1) is 16.3. The molecule has 118 valence electrons. The minimum atomic E-state index is -0.364. The lowest BCUT2D eigenvalue weighted by Crippen LogP contribution is -2.31. The average molecular weight is 321 g/mol. The van der Waals surface area contributed by atoms with E-state index in [0.717, 1.165) is 22.5 Å². The van der Waals surface area contributed by atoms with Crippen LogP contribution in [-0.2, 0) is 19.1 Å². The van der Waals surface area contributed by atoms with E-state index >= 15 is 0 Å². The quantitative estimate of drug-likeness (QED) is 0.616. The van der Waals surface area contributed by atoms with Crippen LogP contribution in [0.25, 0.3) is 0 Å². The number of esters is 1. The van der Waals surface area contributed by atoms with Gasteiger partial charge in [-0.2, -0.15) is 11.3 Å². The van der Waals surface area contributed by atoms with Crippen LogP contribution in [0.2, 0.25) is 0 Å². The second kappa shape index (κ2) is 6.79. The van der Waals surface area contributed by atoms with Crippen LogP contribution in [0.3, 0.4) is 0 Å². The minimum Gasteiger partial charge on any atom is -0.466 e. The molecule has 1 aliphatic heterocycles. The number of nitrogens with zero attached hydrogens (tertiary/aromatic N) is 1. The smallest absolute Gasteiger partial charge is 0.336 e. The molecule has 2 heterocycles. The Bertz CT molecular complexity index is 631. The van der Waals surface area contributed by atoms with E-state index in [2.05, 4.69) is 0 Å². The Labute approximate surface area is 133 Å². The third kappa shape index (κ3) is 2.78. The lowest BCUT2D eigenvalue weighted by atomic mass is 9.81. The van der Waals surface area contributed by atoms with Crippen LogP contribution in [0, 0.1) is 0 Å². The monoisotopic (exact) mass is 321 g/mol. The molecule has 0 spiro atoms. The maximum absolute atomic E-state index is 12.3. The highest BCUT2D eigenvalue weighted by molar-refractivity contribution is 7.08. The van der Waals surface area contributed by atoms with Crippen LogP contribution >= 0.6 is 11.3 Å². The van der Waals surface area contributed by atoms with Crippen molar-refractivity contribution in [3.8, 4) is 0 Å². The average Bonchev–Trinajstić information content (AvgIpc) is 3.04. The van der Waals surface area contributed by atoms with Gasteiger partial charge in [0.15, 0.2) is 0 Å². The zero-order valence-corrected chi connectivity index (χ0v) is 13.9. The Kier molecular flexibility index (Phi) is 5.03. The molecule has 0 amide bonds. The van der Waals surface area contributed by atoms with Crippen LogP contribution in [0.15, 0.2) is 39.4 Å². The first-order chi connectivity index (χ1) is 10.5. The van der Waals surface area contributed by atoms with Crippen molar-refractivity contribution in [2.45, 2.75) is 19.8 Å². The second-order valence-corrected chi connectivity index (χ2v) is 5.84. The Hall–Kier alpha value is -2.08. The third-order valence-corrected chi connectivity index (χ3v) is 4.79. The lowest BCUT2D eigenvalue weighted by Gasteiger charge is -2.36. The Morgan fingerprint density at radius 2 is 2.14 bits per heavy atom. The maximum Gasteiger partial charge on any atom is 0.336 e. The van der Waals surface area contributed by atoms with E-state index in [1.807, 2.05) is 42.6 Å². The van der Waals surface area contributed by atoms with Crippen molar-refractivity contribution in [2.24, 2.45) is 0 Å². The molecule has 0 N–H and O–H groups in total. The third-order valence-electron chi connectivity index (χ3n) is 4.09. The van der Waals surface area contributed by atoms with Gasteiger partial charge in [-0.05, 0) is 41.8 Å². The summed E-state index contributed by atoms with van der Waals surface area (Å²) in [5.74, 6) is -0.619. The fraction of sp³-hybridized carbons (Fsp3) is 0.375. The summed E-state index contributed by atoms with van der Waals surface area (Å²) in [5, 5.41) is 3.96. The Balaban J connectivity index is 2.59. The van der Waals surface area contributed by atoms with Gasteiger partial charge in [-0.3, -0.25) is 4.79 Å². The van der Waals surface area contributed by atoms with Gasteiger partial charge in [0.25, 0.3) is 6.47 Å². The first-order valence-corrected chi connectivity index (χ1v) is 7.77. The van der Waals surface area contributed by atoms with Gasteiger partial charge in [0.05, 0.1) is 12.7 Å². The number of hydrogen-bond acceptors (Lipinski definition) is 6. The molecule has 1 aromatic rings. The molecule has 0 saturated carbocycles. The molecule has 1 aliphatic rings. The fourth-order valence-electron chi connectivity index (χ4n) is 2.73. The van der Waals surface area contributed by atoms with Gasteiger partial charge < -0.3 is 14.4 Å². The maximum atomic E-state index is 12.3. The number of methoxy groups -OCH3 is 1. The molecule has 0 aliphatic carbocycles. The van der Waals surface area contributed by atoms with Crippen molar-refractivity contribution >= 4 is 23.8 Å². The summed E-state index contributed by atoms with van der Waals surface area (Å²) in [5.41, 5.74) is 4.29. The van der Waals surface area contributed by atoms with Crippen LogP contribution in [0.5, 0.6) is 0 Å². The zero-order valence-electron chi connectivity index (χ0n) is 13.1. The molecule has 5 nitrogen and oxygen atoms in total. The first-order valence-electron chi connectivity index (χ1n) is 6.82. The SMILES string of the molecule is COC(=O)C1=C(C)N(C)C(C)=C(COC=O)C1c1ccsc1. The van der Waals surface area contributed by atoms with Crippen molar-refractivity contribution in [3.63, 3.8) is 0 Å². The van der Waals surface area contributed by atoms with Gasteiger partial charge in [0.2, 0.25) is 0 Å². The van der Waals surface area contributed by atoms with Gasteiger partial charge in [-0.1, -0.05) is 0 Å². The van der Waals surface area contributed by atoms with Crippen molar-refractivity contribution < 1.29 is 19.1 Å². The van der Waals surface area contributed by atoms with Gasteiger partial charge >= 0.3 is 5.97 Å². The summed E-state index contributed by atoms with van der Waals surface area (Å²) >= 11 is 1.56. The minimum absolute atomic E-state index is 0.147. The van der Waals surface area contributed by atoms with Crippen molar-refractivity contribution in [3.05, 3.63) is 44.9 Å². The molecular weight excluding hydrogens is 302 g/mol. The van der Waals surface area contributed by atoms with E-state index in [9.17, 15) is 9.59 Å². The topological polar surface area (TPSA) is 55.8 Å². The molecule has 1 aromatic heterocycles. The van der Waals surface area contributed by atoms with Crippen molar-refractivity contribution in [1.82, 2.24) is 4.90 Å². The predicted molar refractivity (Wildman–Crippen MR) is 84.3 cm³/mol. The molecule has 0 fully saturated rings. The normalized spacial score (nSPS) is 18.5. The number of ether oxygens (including phenoxy) is 2. The summed E-state index contributed by atoms with van der Waals surface area (Å²) in [6.07, 6.45) is 0. The molecule has 0 saturated heterocycles. The molecule has 22 heavy (non-hydrogen) atoms.